The molecule has 2 aliphatic rings. The van der Waals surface area contributed by atoms with Crippen LogP contribution in [0, 0.1) is 11.2 Å². The molecule has 0 amide bonds. The van der Waals surface area contributed by atoms with Crippen LogP contribution < -0.4 is 0 Å². The smallest absolute Gasteiger partial charge is 0.291 e. The minimum absolute atomic E-state index is 0.0712. The normalized spacial score (nSPS) is 20.1. The second kappa shape index (κ2) is 11.4. The zero-order valence-electron chi connectivity index (χ0n) is 24.3. The van der Waals surface area contributed by atoms with Crippen molar-refractivity contribution < 1.29 is 43.9 Å². The van der Waals surface area contributed by atoms with Crippen LogP contribution in [0.2, 0.25) is 0 Å². The van der Waals surface area contributed by atoms with Gasteiger partial charge in [0, 0.05) is 19.3 Å². The van der Waals surface area contributed by atoms with E-state index in [-0.39, 0.29) is 30.5 Å². The van der Waals surface area contributed by atoms with Crippen LogP contribution in [0.4, 0.5) is 30.7 Å². The minimum atomic E-state index is -4.77. The molecule has 1 aromatic carbocycles. The topological polar surface area (TPSA) is 116 Å². The molecule has 1 saturated carbocycles. The van der Waals surface area contributed by atoms with Crippen LogP contribution in [0.25, 0.3) is 11.8 Å². The lowest BCUT2D eigenvalue weighted by Gasteiger charge is -2.45. The van der Waals surface area contributed by atoms with Crippen molar-refractivity contribution >= 4 is 21.9 Å². The standard InChI is InChI=1S/C29H24F7N7O3S/c1-41(47(45,46)25-15-38-42(40-25)16-28(31,32)33)22-5-2-18-11-24-17(14-39-43(24)21-6-3-20(30)4-7-21)12-27(18,13-22)26(44)23-10-19(8-9-37-23)29(34,35)36/h3-4,6-11,14-15,22H,2,5,12-13,16H2,1H3/t22-,27-/m0/s1. The maximum Gasteiger partial charge on any atom is 0.416 e. The summed E-state index contributed by atoms with van der Waals surface area (Å²) in [5, 5.41) is 10.6. The molecule has 18 heteroatoms. The molecule has 0 unspecified atom stereocenters. The third kappa shape index (κ3) is 6.06. The number of hydrogen-bond acceptors (Lipinski definition) is 7. The van der Waals surface area contributed by atoms with Gasteiger partial charge in [0.2, 0.25) is 5.03 Å². The number of benzene rings is 1. The first-order valence-corrected chi connectivity index (χ1v) is 15.5. The first-order chi connectivity index (χ1) is 22.0. The van der Waals surface area contributed by atoms with Crippen LogP contribution in [-0.2, 0) is 29.2 Å². The van der Waals surface area contributed by atoms with Crippen molar-refractivity contribution in [1.29, 1.82) is 0 Å². The van der Waals surface area contributed by atoms with Crippen molar-refractivity contribution in [3.8, 4) is 5.69 Å². The molecule has 2 aliphatic carbocycles. The van der Waals surface area contributed by atoms with Gasteiger partial charge in [-0.1, -0.05) is 5.57 Å². The maximum absolute atomic E-state index is 14.3. The summed E-state index contributed by atoms with van der Waals surface area (Å²) in [6, 6.07) is 5.95. The summed E-state index contributed by atoms with van der Waals surface area (Å²) in [6.45, 7) is -1.61. The molecule has 248 valence electrons. The summed E-state index contributed by atoms with van der Waals surface area (Å²) in [7, 11) is -3.33. The lowest BCUT2D eigenvalue weighted by molar-refractivity contribution is -0.145. The van der Waals surface area contributed by atoms with E-state index in [0.29, 0.717) is 34.8 Å². The summed E-state index contributed by atoms with van der Waals surface area (Å²) in [4.78, 5) is 18.5. The molecular weight excluding hydrogens is 659 g/mol. The predicted octanol–water partition coefficient (Wildman–Crippen LogP) is 5.26. The molecule has 47 heavy (non-hydrogen) atoms. The largest absolute Gasteiger partial charge is 0.416 e. The Hall–Kier alpha value is -4.45. The number of nitrogens with zero attached hydrogens (tertiary/aromatic N) is 7. The van der Waals surface area contributed by atoms with Gasteiger partial charge in [0.25, 0.3) is 10.0 Å². The van der Waals surface area contributed by atoms with E-state index in [9.17, 15) is 43.9 Å². The highest BCUT2D eigenvalue weighted by Gasteiger charge is 2.51. The molecule has 0 bridgehead atoms. The van der Waals surface area contributed by atoms with E-state index in [1.54, 1.807) is 6.08 Å². The second-order valence-corrected chi connectivity index (χ2v) is 13.3. The van der Waals surface area contributed by atoms with Gasteiger partial charge in [-0.2, -0.15) is 45.6 Å². The van der Waals surface area contributed by atoms with Gasteiger partial charge in [-0.3, -0.25) is 9.78 Å². The van der Waals surface area contributed by atoms with Crippen molar-refractivity contribution in [2.45, 2.75) is 55.6 Å². The molecule has 0 spiro atoms. The fourth-order valence-corrected chi connectivity index (χ4v) is 7.38. The Balaban J connectivity index is 1.40. The fourth-order valence-electron chi connectivity index (χ4n) is 6.14. The Bertz CT molecular complexity index is 1990. The monoisotopic (exact) mass is 683 g/mol. The number of Topliss-reactive ketones (excluding diaryl/α,β-unsaturated/α-hetero) is 1. The number of rotatable bonds is 7. The summed E-state index contributed by atoms with van der Waals surface area (Å²) in [6.07, 6.45) is -4.72. The first kappa shape index (κ1) is 32.5. The summed E-state index contributed by atoms with van der Waals surface area (Å²) in [5.41, 5.74) is -1.00. The van der Waals surface area contributed by atoms with Gasteiger partial charge in [0.15, 0.2) is 12.3 Å². The molecule has 0 N–H and O–H groups in total. The van der Waals surface area contributed by atoms with Gasteiger partial charge in [0.1, 0.15) is 11.5 Å². The minimum Gasteiger partial charge on any atom is -0.291 e. The molecule has 10 nitrogen and oxygen atoms in total. The molecule has 6 rings (SSSR count). The molecule has 1 fully saturated rings. The number of fused-ring (bicyclic) bond motifs is 2. The summed E-state index contributed by atoms with van der Waals surface area (Å²) < 4.78 is 122. The van der Waals surface area contributed by atoms with E-state index in [2.05, 4.69) is 20.3 Å². The summed E-state index contributed by atoms with van der Waals surface area (Å²) >= 11 is 0. The third-order valence-corrected chi connectivity index (χ3v) is 10.2. The Kier molecular flexibility index (Phi) is 7.85. The zero-order chi connectivity index (χ0) is 33.9. The number of sulfonamides is 1. The van der Waals surface area contributed by atoms with E-state index in [4.69, 9.17) is 0 Å². The predicted molar refractivity (Wildman–Crippen MR) is 150 cm³/mol. The number of allylic oxidation sites excluding steroid dienone is 1. The number of carbonyl (C=O) groups excluding carboxylic acids is 1. The number of halogens is 7. The van der Waals surface area contributed by atoms with Gasteiger partial charge in [-0.05, 0) is 73.7 Å². The zero-order valence-corrected chi connectivity index (χ0v) is 25.1. The highest BCUT2D eigenvalue weighted by Crippen LogP contribution is 2.51. The molecule has 0 saturated heterocycles. The average Bonchev–Trinajstić information content (AvgIpc) is 3.65. The Morgan fingerprint density at radius 2 is 1.79 bits per heavy atom. The van der Waals surface area contributed by atoms with Crippen LogP contribution in [0.15, 0.2) is 65.6 Å². The second-order valence-electron chi connectivity index (χ2n) is 11.4. The van der Waals surface area contributed by atoms with E-state index in [1.165, 1.54) is 42.2 Å². The van der Waals surface area contributed by atoms with Gasteiger partial charge >= 0.3 is 12.4 Å². The number of alkyl halides is 6. The number of hydrogen-bond donors (Lipinski definition) is 0. The molecule has 3 aromatic heterocycles. The van der Waals surface area contributed by atoms with Gasteiger partial charge in [-0.15, -0.1) is 5.10 Å². The van der Waals surface area contributed by atoms with E-state index in [0.717, 1.165) is 16.6 Å². The van der Waals surface area contributed by atoms with Crippen LogP contribution >= 0.6 is 0 Å². The average molecular weight is 684 g/mol. The van der Waals surface area contributed by atoms with Crippen molar-refractivity contribution in [3.63, 3.8) is 0 Å². The highest BCUT2D eigenvalue weighted by molar-refractivity contribution is 7.89. The lowest BCUT2D eigenvalue weighted by Crippen LogP contribution is -2.49. The van der Waals surface area contributed by atoms with E-state index < -0.39 is 68.3 Å². The number of carbonyl (C=O) groups is 1. The van der Waals surface area contributed by atoms with Gasteiger partial charge in [0.05, 0.1) is 34.8 Å². The number of aromatic nitrogens is 6. The van der Waals surface area contributed by atoms with Crippen LogP contribution in [0.3, 0.4) is 0 Å². The SMILES string of the molecule is CN([C@H]1CCC2=Cc3c(cnn3-c3ccc(F)cc3)C[C@]2(C(=O)c2cc(C(F)(F)F)ccn2)C1)S(=O)(=O)c1cnn(CC(F)(F)F)n1. The Morgan fingerprint density at radius 3 is 2.47 bits per heavy atom. The Morgan fingerprint density at radius 1 is 1.06 bits per heavy atom. The highest BCUT2D eigenvalue weighted by atomic mass is 32.2. The Labute approximate surface area is 262 Å². The first-order valence-electron chi connectivity index (χ1n) is 14.0. The van der Waals surface area contributed by atoms with Crippen molar-refractivity contribution in [2.24, 2.45) is 5.41 Å². The molecule has 2 atom stereocenters. The van der Waals surface area contributed by atoms with Crippen LogP contribution in [0.1, 0.15) is 46.6 Å². The lowest BCUT2D eigenvalue weighted by atomic mass is 9.60. The molecule has 0 aliphatic heterocycles. The van der Waals surface area contributed by atoms with E-state index in [1.807, 2.05) is 0 Å². The summed E-state index contributed by atoms with van der Waals surface area (Å²) in [5.74, 6) is -1.23. The van der Waals surface area contributed by atoms with Gasteiger partial charge < -0.3 is 0 Å². The fraction of sp³-hybridized carbons (Fsp3) is 0.345. The van der Waals surface area contributed by atoms with Crippen LogP contribution in [0.5, 0.6) is 0 Å². The van der Waals surface area contributed by atoms with Crippen molar-refractivity contribution in [3.05, 3.63) is 88.9 Å². The molecule has 4 aromatic rings. The number of pyridine rings is 1. The van der Waals surface area contributed by atoms with Crippen molar-refractivity contribution in [1.82, 2.24) is 34.1 Å². The molecule has 3 heterocycles. The van der Waals surface area contributed by atoms with Gasteiger partial charge in [-0.25, -0.2) is 17.5 Å². The van der Waals surface area contributed by atoms with Crippen molar-refractivity contribution in [2.75, 3.05) is 7.05 Å². The van der Waals surface area contributed by atoms with E-state index >= 15 is 0 Å². The maximum atomic E-state index is 14.3. The quantitative estimate of drug-likeness (QED) is 0.193. The third-order valence-electron chi connectivity index (χ3n) is 8.45. The molecular formula is C29H24F7N7O3S. The number of ketones is 1. The molecule has 0 radical (unpaired) electrons. The van der Waals surface area contributed by atoms with Crippen LogP contribution in [-0.4, -0.2) is 67.5 Å².